The Morgan fingerprint density at radius 2 is 1.75 bits per heavy atom. The molecule has 0 fully saturated rings. The highest BCUT2D eigenvalue weighted by atomic mass is 16.3. The summed E-state index contributed by atoms with van der Waals surface area (Å²) in [5, 5.41) is 18.1. The van der Waals surface area contributed by atoms with Gasteiger partial charge in [-0.3, -0.25) is 0 Å². The molecule has 94 valence electrons. The lowest BCUT2D eigenvalue weighted by Gasteiger charge is -2.07. The topological polar surface area (TPSA) is 40.5 Å². The van der Waals surface area contributed by atoms with E-state index in [2.05, 4.69) is 13.0 Å². The Bertz CT molecular complexity index is 229. The van der Waals surface area contributed by atoms with Crippen LogP contribution in [0.25, 0.3) is 0 Å². The van der Waals surface area contributed by atoms with Crippen LogP contribution >= 0.6 is 0 Å². The van der Waals surface area contributed by atoms with Gasteiger partial charge in [0.2, 0.25) is 0 Å². The molecule has 0 aromatic carbocycles. The van der Waals surface area contributed by atoms with Crippen molar-refractivity contribution in [3.05, 3.63) is 23.3 Å². The summed E-state index contributed by atoms with van der Waals surface area (Å²) in [6.07, 6.45) is 8.65. The highest BCUT2D eigenvalue weighted by molar-refractivity contribution is 5.03. The lowest BCUT2D eigenvalue weighted by molar-refractivity contribution is 0.160. The molecule has 0 aliphatic heterocycles. The predicted octanol–water partition coefficient (Wildman–Crippen LogP) is 3.20. The monoisotopic (exact) mass is 226 g/mol. The molecule has 0 aliphatic carbocycles. The van der Waals surface area contributed by atoms with E-state index in [0.717, 1.165) is 32.1 Å². The number of aliphatic hydroxyl groups excluding tert-OH is 2. The number of aliphatic hydroxyl groups is 2. The molecule has 1 atom stereocenters. The average molecular weight is 226 g/mol. The van der Waals surface area contributed by atoms with Gasteiger partial charge < -0.3 is 10.2 Å². The largest absolute Gasteiger partial charge is 0.393 e. The normalized spacial score (nSPS) is 15.3. The first-order valence-corrected chi connectivity index (χ1v) is 6.20. The fourth-order valence-electron chi connectivity index (χ4n) is 1.50. The molecule has 0 aromatic rings. The van der Waals surface area contributed by atoms with Crippen LogP contribution in [0, 0.1) is 0 Å². The maximum atomic E-state index is 9.43. The molecule has 0 saturated heterocycles. The lowest BCUT2D eigenvalue weighted by Crippen LogP contribution is -2.03. The van der Waals surface area contributed by atoms with Crippen molar-refractivity contribution in [2.45, 2.75) is 59.0 Å². The first-order valence-electron chi connectivity index (χ1n) is 6.20. The van der Waals surface area contributed by atoms with Crippen LogP contribution in [0.15, 0.2) is 23.3 Å². The number of hydrogen-bond acceptors (Lipinski definition) is 2. The molecule has 16 heavy (non-hydrogen) atoms. The Hall–Kier alpha value is -0.600. The van der Waals surface area contributed by atoms with Crippen LogP contribution in [0.4, 0.5) is 0 Å². The molecular weight excluding hydrogens is 200 g/mol. The van der Waals surface area contributed by atoms with Crippen LogP contribution in [0.5, 0.6) is 0 Å². The Morgan fingerprint density at radius 1 is 1.12 bits per heavy atom. The molecule has 0 aliphatic rings. The molecule has 0 heterocycles. The summed E-state index contributed by atoms with van der Waals surface area (Å²) in [6.45, 7) is 6.30. The zero-order valence-electron chi connectivity index (χ0n) is 10.9. The van der Waals surface area contributed by atoms with E-state index >= 15 is 0 Å². The smallest absolute Gasteiger partial charge is 0.0614 e. The first kappa shape index (κ1) is 15.4. The molecule has 2 nitrogen and oxygen atoms in total. The van der Waals surface area contributed by atoms with Crippen molar-refractivity contribution in [3.63, 3.8) is 0 Å². The van der Waals surface area contributed by atoms with Crippen molar-refractivity contribution >= 4 is 0 Å². The Balaban J connectivity index is 3.74. The van der Waals surface area contributed by atoms with Gasteiger partial charge in [0.25, 0.3) is 0 Å². The summed E-state index contributed by atoms with van der Waals surface area (Å²) in [6, 6.07) is 0. The van der Waals surface area contributed by atoms with Crippen molar-refractivity contribution in [1.82, 2.24) is 0 Å². The van der Waals surface area contributed by atoms with Crippen LogP contribution in [-0.4, -0.2) is 22.9 Å². The third-order valence-corrected chi connectivity index (χ3v) is 2.81. The van der Waals surface area contributed by atoms with Gasteiger partial charge in [-0.25, -0.2) is 0 Å². The second-order valence-electron chi connectivity index (χ2n) is 4.42. The molecule has 0 bridgehead atoms. The third kappa shape index (κ3) is 8.69. The molecule has 0 radical (unpaired) electrons. The number of allylic oxidation sites excluding steroid dienone is 3. The summed E-state index contributed by atoms with van der Waals surface area (Å²) in [5.41, 5.74) is 2.59. The predicted molar refractivity (Wildman–Crippen MR) is 69.4 cm³/mol. The van der Waals surface area contributed by atoms with Crippen LogP contribution in [0.3, 0.4) is 0 Å². The fourth-order valence-corrected chi connectivity index (χ4v) is 1.50. The minimum absolute atomic E-state index is 0.136. The van der Waals surface area contributed by atoms with Gasteiger partial charge in [-0.2, -0.15) is 0 Å². The quantitative estimate of drug-likeness (QED) is 0.624. The first-order chi connectivity index (χ1) is 7.60. The van der Waals surface area contributed by atoms with E-state index in [1.54, 1.807) is 0 Å². The van der Waals surface area contributed by atoms with E-state index < -0.39 is 0 Å². The number of hydrogen-bond donors (Lipinski definition) is 2. The summed E-state index contributed by atoms with van der Waals surface area (Å²) in [4.78, 5) is 0. The van der Waals surface area contributed by atoms with Gasteiger partial charge in [0.1, 0.15) is 0 Å². The van der Waals surface area contributed by atoms with Crippen LogP contribution in [-0.2, 0) is 0 Å². The highest BCUT2D eigenvalue weighted by Crippen LogP contribution is 2.12. The SMILES string of the molecule is CC[C@@H](O)CC/C(C)=C/CC/C(C)=C/CO. The van der Waals surface area contributed by atoms with Gasteiger partial charge in [0, 0.05) is 0 Å². The van der Waals surface area contributed by atoms with Crippen molar-refractivity contribution in [3.8, 4) is 0 Å². The van der Waals surface area contributed by atoms with Crippen molar-refractivity contribution < 1.29 is 10.2 Å². The molecule has 0 aromatic heterocycles. The van der Waals surface area contributed by atoms with Crippen LogP contribution < -0.4 is 0 Å². The molecule has 2 N–H and O–H groups in total. The molecule has 0 saturated carbocycles. The minimum Gasteiger partial charge on any atom is -0.393 e. The molecule has 0 amide bonds. The minimum atomic E-state index is -0.153. The van der Waals surface area contributed by atoms with E-state index in [-0.39, 0.29) is 12.7 Å². The van der Waals surface area contributed by atoms with E-state index in [1.807, 2.05) is 19.9 Å². The van der Waals surface area contributed by atoms with Gasteiger partial charge in [-0.1, -0.05) is 30.2 Å². The van der Waals surface area contributed by atoms with E-state index in [9.17, 15) is 5.11 Å². The van der Waals surface area contributed by atoms with Gasteiger partial charge in [-0.05, 0) is 46.0 Å². The molecule has 2 heteroatoms. The zero-order valence-corrected chi connectivity index (χ0v) is 10.9. The van der Waals surface area contributed by atoms with E-state index in [1.165, 1.54) is 11.1 Å². The standard InChI is InChI=1S/C14H26O2/c1-4-14(16)9-8-12(2)6-5-7-13(3)10-11-15/h6,10,14-16H,4-5,7-9,11H2,1-3H3/b12-6+,13-10+/t14-/m1/s1. The Labute approximate surface area is 99.7 Å². The Morgan fingerprint density at radius 3 is 2.31 bits per heavy atom. The van der Waals surface area contributed by atoms with Crippen LogP contribution in [0.1, 0.15) is 52.9 Å². The maximum absolute atomic E-state index is 9.43. The van der Waals surface area contributed by atoms with Crippen molar-refractivity contribution in [2.75, 3.05) is 6.61 Å². The lowest BCUT2D eigenvalue weighted by atomic mass is 10.0. The Kier molecular flexibility index (Phi) is 9.25. The molecular formula is C14H26O2. The molecule has 0 spiro atoms. The van der Waals surface area contributed by atoms with E-state index in [4.69, 9.17) is 5.11 Å². The average Bonchev–Trinajstić information content (AvgIpc) is 2.26. The fraction of sp³-hybridized carbons (Fsp3) is 0.714. The summed E-state index contributed by atoms with van der Waals surface area (Å²) >= 11 is 0. The van der Waals surface area contributed by atoms with Crippen molar-refractivity contribution in [1.29, 1.82) is 0 Å². The van der Waals surface area contributed by atoms with Crippen LogP contribution in [0.2, 0.25) is 0 Å². The van der Waals surface area contributed by atoms with Gasteiger partial charge in [0.05, 0.1) is 12.7 Å². The second kappa shape index (κ2) is 9.61. The summed E-state index contributed by atoms with van der Waals surface area (Å²) in [7, 11) is 0. The second-order valence-corrected chi connectivity index (χ2v) is 4.42. The van der Waals surface area contributed by atoms with Gasteiger partial charge in [0.15, 0.2) is 0 Å². The maximum Gasteiger partial charge on any atom is 0.0614 e. The summed E-state index contributed by atoms with van der Waals surface area (Å²) in [5.74, 6) is 0. The molecule has 0 unspecified atom stereocenters. The highest BCUT2D eigenvalue weighted by Gasteiger charge is 2.00. The summed E-state index contributed by atoms with van der Waals surface area (Å²) < 4.78 is 0. The van der Waals surface area contributed by atoms with Gasteiger partial charge >= 0.3 is 0 Å². The number of rotatable bonds is 8. The van der Waals surface area contributed by atoms with Crippen molar-refractivity contribution in [2.24, 2.45) is 0 Å². The van der Waals surface area contributed by atoms with E-state index in [0.29, 0.717) is 0 Å². The third-order valence-electron chi connectivity index (χ3n) is 2.81. The van der Waals surface area contributed by atoms with Gasteiger partial charge in [-0.15, -0.1) is 0 Å². The zero-order chi connectivity index (χ0) is 12.4. The molecule has 0 rings (SSSR count).